The number of nitrogens with zero attached hydrogens (tertiary/aromatic N) is 2. The van der Waals surface area contributed by atoms with Gasteiger partial charge in [-0.3, -0.25) is 19.4 Å². The van der Waals surface area contributed by atoms with Crippen molar-refractivity contribution in [3.63, 3.8) is 0 Å². The largest absolute Gasteiger partial charge is 0.339 e. The lowest BCUT2D eigenvalue weighted by Gasteiger charge is -2.18. The minimum Gasteiger partial charge on any atom is -0.339 e. The Kier molecular flexibility index (Phi) is 6.00. The SMILES string of the molecule is CCN(CC)C(=O)c1ccnc(C(=O)Nc2ccc(C(C)=O)cc2)c1. The van der Waals surface area contributed by atoms with Gasteiger partial charge in [0.15, 0.2) is 5.78 Å². The van der Waals surface area contributed by atoms with E-state index < -0.39 is 5.91 Å². The van der Waals surface area contributed by atoms with Crippen molar-refractivity contribution in [2.75, 3.05) is 18.4 Å². The standard InChI is InChI=1S/C19H21N3O3/c1-4-22(5-2)19(25)15-10-11-20-17(12-15)18(24)21-16-8-6-14(7-9-16)13(3)23/h6-12H,4-5H2,1-3H3,(H,21,24). The third-order valence-electron chi connectivity index (χ3n) is 3.84. The van der Waals surface area contributed by atoms with E-state index in [0.29, 0.717) is 29.9 Å². The molecule has 6 nitrogen and oxygen atoms in total. The highest BCUT2D eigenvalue weighted by Gasteiger charge is 2.15. The molecule has 2 aromatic rings. The molecule has 0 aliphatic carbocycles. The van der Waals surface area contributed by atoms with Crippen molar-refractivity contribution >= 4 is 23.3 Å². The quantitative estimate of drug-likeness (QED) is 0.821. The smallest absolute Gasteiger partial charge is 0.274 e. The second kappa shape index (κ2) is 8.19. The van der Waals surface area contributed by atoms with Gasteiger partial charge in [-0.15, -0.1) is 0 Å². The van der Waals surface area contributed by atoms with Crippen LogP contribution in [-0.4, -0.2) is 40.6 Å². The van der Waals surface area contributed by atoms with Gasteiger partial charge in [0.2, 0.25) is 0 Å². The van der Waals surface area contributed by atoms with Gasteiger partial charge in [0.25, 0.3) is 11.8 Å². The summed E-state index contributed by atoms with van der Waals surface area (Å²) in [7, 11) is 0. The van der Waals surface area contributed by atoms with E-state index in [1.165, 1.54) is 19.2 Å². The number of amides is 2. The molecule has 0 fully saturated rings. The summed E-state index contributed by atoms with van der Waals surface area (Å²) in [6, 6.07) is 9.68. The van der Waals surface area contributed by atoms with Gasteiger partial charge in [-0.2, -0.15) is 0 Å². The minimum absolute atomic E-state index is 0.0397. The Balaban J connectivity index is 2.15. The normalized spacial score (nSPS) is 10.2. The third-order valence-corrected chi connectivity index (χ3v) is 3.84. The number of aromatic nitrogens is 1. The number of hydrogen-bond donors (Lipinski definition) is 1. The fourth-order valence-corrected chi connectivity index (χ4v) is 2.36. The molecule has 0 bridgehead atoms. The summed E-state index contributed by atoms with van der Waals surface area (Å²) in [6.45, 7) is 6.49. The molecule has 2 rings (SSSR count). The molecule has 1 heterocycles. The Morgan fingerprint density at radius 2 is 1.64 bits per heavy atom. The van der Waals surface area contributed by atoms with E-state index in [1.54, 1.807) is 35.2 Å². The first-order valence-corrected chi connectivity index (χ1v) is 8.14. The number of benzene rings is 1. The average molecular weight is 339 g/mol. The highest BCUT2D eigenvalue weighted by atomic mass is 16.2. The Morgan fingerprint density at radius 1 is 1.00 bits per heavy atom. The van der Waals surface area contributed by atoms with E-state index in [0.717, 1.165) is 0 Å². The molecule has 0 saturated heterocycles. The maximum atomic E-state index is 12.4. The predicted molar refractivity (Wildman–Crippen MR) is 95.9 cm³/mol. The molecular formula is C19H21N3O3. The number of pyridine rings is 1. The first-order valence-electron chi connectivity index (χ1n) is 8.14. The van der Waals surface area contributed by atoms with Crippen LogP contribution < -0.4 is 5.32 Å². The van der Waals surface area contributed by atoms with Crippen molar-refractivity contribution in [3.8, 4) is 0 Å². The van der Waals surface area contributed by atoms with Crippen molar-refractivity contribution in [1.82, 2.24) is 9.88 Å². The predicted octanol–water partition coefficient (Wildman–Crippen LogP) is 3.02. The zero-order valence-electron chi connectivity index (χ0n) is 14.6. The maximum Gasteiger partial charge on any atom is 0.274 e. The number of carbonyl (C=O) groups is 3. The summed E-state index contributed by atoms with van der Waals surface area (Å²) in [5.74, 6) is -0.584. The third kappa shape index (κ3) is 4.50. The summed E-state index contributed by atoms with van der Waals surface area (Å²) in [4.78, 5) is 41.7. The van der Waals surface area contributed by atoms with E-state index in [4.69, 9.17) is 0 Å². The lowest BCUT2D eigenvalue weighted by Crippen LogP contribution is -2.30. The fourth-order valence-electron chi connectivity index (χ4n) is 2.36. The second-order valence-corrected chi connectivity index (χ2v) is 5.49. The number of ketones is 1. The Morgan fingerprint density at radius 3 is 2.20 bits per heavy atom. The number of hydrogen-bond acceptors (Lipinski definition) is 4. The van der Waals surface area contributed by atoms with Crippen LogP contribution in [0.2, 0.25) is 0 Å². The highest BCUT2D eigenvalue weighted by Crippen LogP contribution is 2.12. The van der Waals surface area contributed by atoms with Gasteiger partial charge in [-0.25, -0.2) is 0 Å². The van der Waals surface area contributed by atoms with Gasteiger partial charge in [0, 0.05) is 36.1 Å². The van der Waals surface area contributed by atoms with E-state index in [2.05, 4.69) is 10.3 Å². The van der Waals surface area contributed by atoms with Gasteiger partial charge in [0.1, 0.15) is 5.69 Å². The van der Waals surface area contributed by atoms with Crippen LogP contribution in [0, 0.1) is 0 Å². The maximum absolute atomic E-state index is 12.4. The molecule has 2 amide bonds. The van der Waals surface area contributed by atoms with E-state index in [-0.39, 0.29) is 17.4 Å². The highest BCUT2D eigenvalue weighted by molar-refractivity contribution is 6.05. The molecule has 25 heavy (non-hydrogen) atoms. The van der Waals surface area contributed by atoms with Crippen LogP contribution in [0.15, 0.2) is 42.6 Å². The molecule has 1 N–H and O–H groups in total. The first-order chi connectivity index (χ1) is 12.0. The lowest BCUT2D eigenvalue weighted by atomic mass is 10.1. The summed E-state index contributed by atoms with van der Waals surface area (Å²) >= 11 is 0. The summed E-state index contributed by atoms with van der Waals surface area (Å²) in [5, 5.41) is 2.71. The van der Waals surface area contributed by atoms with Crippen molar-refractivity contribution in [2.24, 2.45) is 0 Å². The van der Waals surface area contributed by atoms with Crippen LogP contribution in [-0.2, 0) is 0 Å². The molecule has 0 aliphatic rings. The number of rotatable bonds is 6. The number of carbonyl (C=O) groups excluding carboxylic acids is 3. The zero-order chi connectivity index (χ0) is 18.4. The van der Waals surface area contributed by atoms with Gasteiger partial charge in [-0.05, 0) is 57.2 Å². The van der Waals surface area contributed by atoms with Gasteiger partial charge in [-0.1, -0.05) is 0 Å². The van der Waals surface area contributed by atoms with E-state index in [9.17, 15) is 14.4 Å². The summed E-state index contributed by atoms with van der Waals surface area (Å²) < 4.78 is 0. The van der Waals surface area contributed by atoms with Crippen molar-refractivity contribution in [1.29, 1.82) is 0 Å². The number of anilines is 1. The lowest BCUT2D eigenvalue weighted by molar-refractivity contribution is 0.0772. The van der Waals surface area contributed by atoms with Crippen molar-refractivity contribution < 1.29 is 14.4 Å². The molecule has 1 aromatic carbocycles. The Labute approximate surface area is 146 Å². The zero-order valence-corrected chi connectivity index (χ0v) is 14.6. The van der Waals surface area contributed by atoms with Gasteiger partial charge in [0.05, 0.1) is 0 Å². The molecular weight excluding hydrogens is 318 g/mol. The molecule has 0 saturated carbocycles. The molecule has 0 spiro atoms. The minimum atomic E-state index is -0.412. The van der Waals surface area contributed by atoms with E-state index in [1.807, 2.05) is 13.8 Å². The molecule has 0 unspecified atom stereocenters. The number of Topliss-reactive ketones (excluding diaryl/α,β-unsaturated/α-hetero) is 1. The van der Waals surface area contributed by atoms with Gasteiger partial charge < -0.3 is 10.2 Å². The molecule has 0 aliphatic heterocycles. The van der Waals surface area contributed by atoms with Crippen molar-refractivity contribution in [3.05, 3.63) is 59.4 Å². The monoisotopic (exact) mass is 339 g/mol. The van der Waals surface area contributed by atoms with Crippen molar-refractivity contribution in [2.45, 2.75) is 20.8 Å². The molecule has 1 aromatic heterocycles. The van der Waals surface area contributed by atoms with Crippen LogP contribution in [0.4, 0.5) is 5.69 Å². The topological polar surface area (TPSA) is 79.4 Å². The summed E-state index contributed by atoms with van der Waals surface area (Å²) in [5.41, 5.74) is 1.71. The second-order valence-electron chi connectivity index (χ2n) is 5.49. The molecule has 130 valence electrons. The first kappa shape index (κ1) is 18.3. The Hall–Kier alpha value is -3.02. The van der Waals surface area contributed by atoms with Crippen LogP contribution in [0.5, 0.6) is 0 Å². The Bertz CT molecular complexity index is 781. The van der Waals surface area contributed by atoms with Crippen LogP contribution in [0.25, 0.3) is 0 Å². The van der Waals surface area contributed by atoms with E-state index >= 15 is 0 Å². The number of nitrogens with one attached hydrogen (secondary N) is 1. The van der Waals surface area contributed by atoms with Gasteiger partial charge >= 0.3 is 0 Å². The van der Waals surface area contributed by atoms with Crippen LogP contribution >= 0.6 is 0 Å². The molecule has 6 heteroatoms. The molecule has 0 radical (unpaired) electrons. The molecule has 0 atom stereocenters. The fraction of sp³-hybridized carbons (Fsp3) is 0.263. The summed E-state index contributed by atoms with van der Waals surface area (Å²) in [6.07, 6.45) is 1.45. The van der Waals surface area contributed by atoms with Crippen LogP contribution in [0.1, 0.15) is 52.0 Å². The average Bonchev–Trinajstić information content (AvgIpc) is 2.63. The van der Waals surface area contributed by atoms with Crippen LogP contribution in [0.3, 0.4) is 0 Å².